The molecule has 0 radical (unpaired) electrons. The number of rotatable bonds is 4. The number of benzene rings is 2. The molecule has 4 heteroatoms. The van der Waals surface area contributed by atoms with Crippen molar-refractivity contribution in [1.82, 2.24) is 0 Å². The zero-order valence-corrected chi connectivity index (χ0v) is 12.1. The Bertz CT molecular complexity index is 629. The highest BCUT2D eigenvalue weighted by Gasteiger charge is 2.18. The van der Waals surface area contributed by atoms with Gasteiger partial charge in [0.1, 0.15) is 0 Å². The Kier molecular flexibility index (Phi) is 4.68. The minimum absolute atomic E-state index is 0.231. The van der Waals surface area contributed by atoms with E-state index in [1.807, 2.05) is 32.0 Å². The number of halogens is 3. The molecule has 112 valence electrons. The van der Waals surface area contributed by atoms with Crippen molar-refractivity contribution < 1.29 is 13.2 Å². The predicted molar refractivity (Wildman–Crippen MR) is 77.5 cm³/mol. The third kappa shape index (κ3) is 3.10. The highest BCUT2D eigenvalue weighted by atomic mass is 19.2. The van der Waals surface area contributed by atoms with Gasteiger partial charge in [-0.25, -0.2) is 13.2 Å². The van der Waals surface area contributed by atoms with Gasteiger partial charge in [-0.15, -0.1) is 0 Å². The van der Waals surface area contributed by atoms with E-state index in [1.165, 1.54) is 0 Å². The summed E-state index contributed by atoms with van der Waals surface area (Å²) in [5.41, 5.74) is 9.32. The summed E-state index contributed by atoms with van der Waals surface area (Å²) in [6.45, 7) is 4.01. The Morgan fingerprint density at radius 2 is 1.57 bits per heavy atom. The lowest BCUT2D eigenvalue weighted by Crippen LogP contribution is -2.15. The standard InChI is InChI=1S/C17H18F3N/c1-3-10-5-6-11(4-2)13(7-10)17(21)12-8-14(18)16(20)15(19)9-12/h5-9,17H,3-4,21H2,1-2H3. The number of nitrogens with two attached hydrogens (primary N) is 1. The minimum Gasteiger partial charge on any atom is -0.320 e. The van der Waals surface area contributed by atoms with E-state index in [0.29, 0.717) is 0 Å². The Hall–Kier alpha value is -1.81. The summed E-state index contributed by atoms with van der Waals surface area (Å²) in [5.74, 6) is -3.90. The Morgan fingerprint density at radius 1 is 0.952 bits per heavy atom. The van der Waals surface area contributed by atoms with Crippen LogP contribution in [0.1, 0.15) is 42.1 Å². The van der Waals surface area contributed by atoms with Crippen LogP contribution in [0.25, 0.3) is 0 Å². The zero-order chi connectivity index (χ0) is 15.6. The van der Waals surface area contributed by atoms with E-state index >= 15 is 0 Å². The first kappa shape index (κ1) is 15.6. The summed E-state index contributed by atoms with van der Waals surface area (Å²) in [4.78, 5) is 0. The molecule has 2 aromatic carbocycles. The van der Waals surface area contributed by atoms with Crippen LogP contribution in [-0.4, -0.2) is 0 Å². The fraction of sp³-hybridized carbons (Fsp3) is 0.294. The lowest BCUT2D eigenvalue weighted by molar-refractivity contribution is 0.444. The van der Waals surface area contributed by atoms with Crippen LogP contribution in [0.3, 0.4) is 0 Å². The molecule has 0 spiro atoms. The number of hydrogen-bond acceptors (Lipinski definition) is 1. The molecule has 1 nitrogen and oxygen atoms in total. The molecule has 0 aliphatic heterocycles. The largest absolute Gasteiger partial charge is 0.320 e. The molecule has 1 atom stereocenters. The van der Waals surface area contributed by atoms with Gasteiger partial charge in [0.25, 0.3) is 0 Å². The van der Waals surface area contributed by atoms with Crippen molar-refractivity contribution in [3.8, 4) is 0 Å². The van der Waals surface area contributed by atoms with E-state index < -0.39 is 23.5 Å². The Morgan fingerprint density at radius 3 is 2.10 bits per heavy atom. The summed E-state index contributed by atoms with van der Waals surface area (Å²) >= 11 is 0. The van der Waals surface area contributed by atoms with Gasteiger partial charge in [-0.1, -0.05) is 32.0 Å². The molecular weight excluding hydrogens is 275 g/mol. The van der Waals surface area contributed by atoms with Crippen LogP contribution in [0.4, 0.5) is 13.2 Å². The van der Waals surface area contributed by atoms with Gasteiger partial charge in [0.05, 0.1) is 6.04 Å². The SMILES string of the molecule is CCc1ccc(CC)c(C(N)c2cc(F)c(F)c(F)c2)c1. The van der Waals surface area contributed by atoms with Crippen molar-refractivity contribution in [3.05, 3.63) is 70.0 Å². The first-order valence-electron chi connectivity index (χ1n) is 6.99. The van der Waals surface area contributed by atoms with E-state index in [2.05, 4.69) is 0 Å². The third-order valence-corrected chi connectivity index (χ3v) is 3.70. The quantitative estimate of drug-likeness (QED) is 0.837. The molecule has 0 aliphatic carbocycles. The van der Waals surface area contributed by atoms with Crippen LogP contribution in [0.15, 0.2) is 30.3 Å². The molecule has 0 fully saturated rings. The van der Waals surface area contributed by atoms with Crippen LogP contribution in [0.5, 0.6) is 0 Å². The van der Waals surface area contributed by atoms with E-state index in [1.54, 1.807) is 0 Å². The van der Waals surface area contributed by atoms with Gasteiger partial charge >= 0.3 is 0 Å². The van der Waals surface area contributed by atoms with Crippen molar-refractivity contribution in [3.63, 3.8) is 0 Å². The molecule has 2 rings (SSSR count). The van der Waals surface area contributed by atoms with E-state index in [4.69, 9.17) is 5.73 Å². The van der Waals surface area contributed by atoms with Gasteiger partial charge in [-0.05, 0) is 47.2 Å². The van der Waals surface area contributed by atoms with Crippen molar-refractivity contribution in [2.75, 3.05) is 0 Å². The maximum Gasteiger partial charge on any atom is 0.194 e. The molecule has 2 N–H and O–H groups in total. The molecule has 0 saturated carbocycles. The van der Waals surface area contributed by atoms with Crippen molar-refractivity contribution in [2.24, 2.45) is 5.73 Å². The summed E-state index contributed by atoms with van der Waals surface area (Å²) < 4.78 is 39.8. The fourth-order valence-electron chi connectivity index (χ4n) is 2.41. The van der Waals surface area contributed by atoms with Gasteiger partial charge in [-0.2, -0.15) is 0 Å². The minimum atomic E-state index is -1.47. The molecule has 1 unspecified atom stereocenters. The van der Waals surface area contributed by atoms with Gasteiger partial charge in [-0.3, -0.25) is 0 Å². The molecule has 21 heavy (non-hydrogen) atoms. The van der Waals surface area contributed by atoms with E-state index in [-0.39, 0.29) is 5.56 Å². The van der Waals surface area contributed by atoms with Crippen LogP contribution < -0.4 is 5.73 Å². The summed E-state index contributed by atoms with van der Waals surface area (Å²) in [5, 5.41) is 0. The molecular formula is C17H18F3N. The van der Waals surface area contributed by atoms with Gasteiger partial charge in [0, 0.05) is 0 Å². The second-order valence-electron chi connectivity index (χ2n) is 5.02. The molecule has 0 amide bonds. The molecule has 0 heterocycles. The maximum atomic E-state index is 13.4. The smallest absolute Gasteiger partial charge is 0.194 e. The normalized spacial score (nSPS) is 12.5. The first-order chi connectivity index (χ1) is 9.97. The topological polar surface area (TPSA) is 26.0 Å². The second-order valence-corrected chi connectivity index (χ2v) is 5.02. The van der Waals surface area contributed by atoms with Gasteiger partial charge in [0.2, 0.25) is 0 Å². The van der Waals surface area contributed by atoms with Crippen molar-refractivity contribution in [2.45, 2.75) is 32.7 Å². The molecule has 0 bridgehead atoms. The lowest BCUT2D eigenvalue weighted by atomic mass is 9.91. The summed E-state index contributed by atoms with van der Waals surface area (Å²) in [6, 6.07) is 7.17. The van der Waals surface area contributed by atoms with E-state index in [0.717, 1.165) is 41.7 Å². The van der Waals surface area contributed by atoms with Crippen LogP contribution >= 0.6 is 0 Å². The summed E-state index contributed by atoms with van der Waals surface area (Å²) in [7, 11) is 0. The van der Waals surface area contributed by atoms with Crippen molar-refractivity contribution >= 4 is 0 Å². The third-order valence-electron chi connectivity index (χ3n) is 3.70. The van der Waals surface area contributed by atoms with Crippen LogP contribution in [0, 0.1) is 17.5 Å². The Balaban J connectivity index is 2.51. The number of aryl methyl sites for hydroxylation is 2. The molecule has 2 aromatic rings. The van der Waals surface area contributed by atoms with Crippen molar-refractivity contribution in [1.29, 1.82) is 0 Å². The Labute approximate surface area is 122 Å². The number of hydrogen-bond donors (Lipinski definition) is 1. The van der Waals surface area contributed by atoms with Crippen LogP contribution in [0.2, 0.25) is 0 Å². The van der Waals surface area contributed by atoms with E-state index in [9.17, 15) is 13.2 Å². The molecule has 0 aliphatic rings. The maximum absolute atomic E-state index is 13.4. The monoisotopic (exact) mass is 293 g/mol. The molecule has 0 aromatic heterocycles. The fourth-order valence-corrected chi connectivity index (χ4v) is 2.41. The van der Waals surface area contributed by atoms with Gasteiger partial charge < -0.3 is 5.73 Å². The lowest BCUT2D eigenvalue weighted by Gasteiger charge is -2.18. The first-order valence-corrected chi connectivity index (χ1v) is 6.99. The predicted octanol–water partition coefficient (Wildman–Crippen LogP) is 4.28. The highest BCUT2D eigenvalue weighted by Crippen LogP contribution is 2.27. The highest BCUT2D eigenvalue weighted by molar-refractivity contribution is 5.40. The average Bonchev–Trinajstić information content (AvgIpc) is 2.50. The average molecular weight is 293 g/mol. The second kappa shape index (κ2) is 6.31. The zero-order valence-electron chi connectivity index (χ0n) is 12.1. The van der Waals surface area contributed by atoms with Gasteiger partial charge in [0.15, 0.2) is 17.5 Å². The molecule has 0 saturated heterocycles. The van der Waals surface area contributed by atoms with Crippen LogP contribution in [-0.2, 0) is 12.8 Å². The summed E-state index contributed by atoms with van der Waals surface area (Å²) in [6.07, 6.45) is 1.61.